The summed E-state index contributed by atoms with van der Waals surface area (Å²) in [5.74, 6) is 0. The fourth-order valence-corrected chi connectivity index (χ4v) is 3.63. The number of benzene rings is 2. The minimum absolute atomic E-state index is 0.0679. The van der Waals surface area contributed by atoms with Crippen LogP contribution >= 0.6 is 0 Å². The van der Waals surface area contributed by atoms with Gasteiger partial charge in [-0.3, -0.25) is 0 Å². The van der Waals surface area contributed by atoms with Crippen molar-refractivity contribution >= 4 is 19.4 Å². The topological polar surface area (TPSA) is 29.5 Å². The Morgan fingerprint density at radius 3 is 2.46 bits per heavy atom. The first-order valence-corrected chi connectivity index (χ1v) is 8.96. The van der Waals surface area contributed by atoms with Crippen LogP contribution in [0.25, 0.3) is 0 Å². The first-order valence-electron chi connectivity index (χ1n) is 8.96. The molecule has 1 heterocycles. The number of hydrogen-bond acceptors (Lipinski definition) is 2. The normalized spacial score (nSPS) is 21.2. The van der Waals surface area contributed by atoms with Crippen LogP contribution in [0.2, 0.25) is 0 Å². The van der Waals surface area contributed by atoms with Crippen LogP contribution in [-0.2, 0) is 10.3 Å². The smallest absolute Gasteiger partial charge is 0.411 e. The van der Waals surface area contributed by atoms with Crippen LogP contribution in [0.5, 0.6) is 0 Å². The van der Waals surface area contributed by atoms with Gasteiger partial charge in [0.1, 0.15) is 13.4 Å². The Balaban J connectivity index is 1.84. The lowest BCUT2D eigenvalue weighted by atomic mass is 9.83. The van der Waals surface area contributed by atoms with Gasteiger partial charge in [-0.15, -0.1) is 0 Å². The number of hydrogen-bond donors (Lipinski definition) is 0. The molecule has 4 heteroatoms. The monoisotopic (exact) mass is 345 g/mol. The molecule has 1 amide bonds. The maximum atomic E-state index is 12.9. The zero-order chi connectivity index (χ0) is 18.7. The van der Waals surface area contributed by atoms with Gasteiger partial charge in [0.2, 0.25) is 0 Å². The van der Waals surface area contributed by atoms with Crippen molar-refractivity contribution in [1.82, 2.24) is 4.90 Å². The standard InChI is InChI=1S/C22H24BNO2/c1-16(2)15-22(19-7-5-4-6-8-19)13-14-24(21(25)26-22)17(3)18-9-11-20(23)12-10-18/h4-12,17H,1,13-15H2,2-3H3/t17-,22-/m0/s1. The number of carbonyl (C=O) groups is 1. The van der Waals surface area contributed by atoms with E-state index in [0.29, 0.717) is 18.4 Å². The molecule has 0 spiro atoms. The lowest BCUT2D eigenvalue weighted by Crippen LogP contribution is -2.48. The van der Waals surface area contributed by atoms with Crippen molar-refractivity contribution in [3.8, 4) is 0 Å². The van der Waals surface area contributed by atoms with Crippen LogP contribution in [0.3, 0.4) is 0 Å². The van der Waals surface area contributed by atoms with E-state index in [0.717, 1.165) is 23.1 Å². The van der Waals surface area contributed by atoms with Crippen molar-refractivity contribution < 1.29 is 9.53 Å². The molecular formula is C22H24BNO2. The molecule has 0 saturated carbocycles. The number of rotatable bonds is 5. The van der Waals surface area contributed by atoms with Crippen molar-refractivity contribution in [2.75, 3.05) is 6.54 Å². The van der Waals surface area contributed by atoms with Gasteiger partial charge in [-0.1, -0.05) is 72.2 Å². The SMILES string of the molecule is [B]c1ccc([C@H](C)N2CC[C@](CC(=C)C)(c3ccccc3)OC2=O)cc1. The maximum Gasteiger partial charge on any atom is 0.411 e. The van der Waals surface area contributed by atoms with Crippen LogP contribution in [0, 0.1) is 0 Å². The molecule has 0 unspecified atom stereocenters. The number of nitrogens with zero attached hydrogens (tertiary/aromatic N) is 1. The molecule has 2 atom stereocenters. The third-order valence-corrected chi connectivity index (χ3v) is 5.05. The molecule has 2 aromatic carbocycles. The molecule has 3 nitrogen and oxygen atoms in total. The highest BCUT2D eigenvalue weighted by Gasteiger charge is 2.43. The van der Waals surface area contributed by atoms with Crippen LogP contribution in [-0.4, -0.2) is 25.4 Å². The molecule has 0 N–H and O–H groups in total. The lowest BCUT2D eigenvalue weighted by molar-refractivity contribution is -0.0602. The molecule has 0 aliphatic carbocycles. The fraction of sp³-hybridized carbons (Fsp3) is 0.318. The highest BCUT2D eigenvalue weighted by molar-refractivity contribution is 6.32. The van der Waals surface area contributed by atoms with Crippen LogP contribution in [0.1, 0.15) is 43.9 Å². The molecule has 0 bridgehead atoms. The summed E-state index contributed by atoms with van der Waals surface area (Å²) in [6.07, 6.45) is 1.08. The zero-order valence-electron chi connectivity index (χ0n) is 15.4. The number of ether oxygens (including phenoxy) is 1. The molecule has 1 saturated heterocycles. The second-order valence-corrected chi connectivity index (χ2v) is 7.15. The lowest BCUT2D eigenvalue weighted by Gasteiger charge is -2.43. The minimum Gasteiger partial charge on any atom is -0.437 e. The van der Waals surface area contributed by atoms with Crippen LogP contribution in [0.15, 0.2) is 66.7 Å². The first kappa shape index (κ1) is 18.3. The van der Waals surface area contributed by atoms with E-state index in [4.69, 9.17) is 12.6 Å². The van der Waals surface area contributed by atoms with Crippen molar-refractivity contribution in [2.45, 2.75) is 38.3 Å². The Hall–Kier alpha value is -2.49. The summed E-state index contributed by atoms with van der Waals surface area (Å²) in [7, 11) is 5.77. The molecule has 2 radical (unpaired) electrons. The molecular weight excluding hydrogens is 321 g/mol. The Bertz CT molecular complexity index is 788. The van der Waals surface area contributed by atoms with E-state index in [2.05, 4.69) is 6.58 Å². The van der Waals surface area contributed by atoms with Gasteiger partial charge in [-0.2, -0.15) is 0 Å². The van der Waals surface area contributed by atoms with E-state index in [-0.39, 0.29) is 12.1 Å². The highest BCUT2D eigenvalue weighted by Crippen LogP contribution is 2.40. The summed E-state index contributed by atoms with van der Waals surface area (Å²) in [6.45, 7) is 8.66. The Morgan fingerprint density at radius 1 is 1.23 bits per heavy atom. The van der Waals surface area contributed by atoms with Gasteiger partial charge >= 0.3 is 6.09 Å². The number of cyclic esters (lactones) is 1. The van der Waals surface area contributed by atoms with E-state index in [9.17, 15) is 4.79 Å². The summed E-state index contributed by atoms with van der Waals surface area (Å²) >= 11 is 0. The van der Waals surface area contributed by atoms with Gasteiger partial charge < -0.3 is 9.64 Å². The molecule has 1 aliphatic rings. The Kier molecular flexibility index (Phi) is 5.22. The van der Waals surface area contributed by atoms with Gasteiger partial charge in [-0.25, -0.2) is 4.79 Å². The second kappa shape index (κ2) is 7.41. The quantitative estimate of drug-likeness (QED) is 0.599. The van der Waals surface area contributed by atoms with Crippen molar-refractivity contribution in [3.05, 3.63) is 77.9 Å². The van der Waals surface area contributed by atoms with Gasteiger partial charge in [0, 0.05) is 19.4 Å². The third-order valence-electron chi connectivity index (χ3n) is 5.05. The van der Waals surface area contributed by atoms with Gasteiger partial charge in [0.15, 0.2) is 0 Å². The molecule has 26 heavy (non-hydrogen) atoms. The van der Waals surface area contributed by atoms with Gasteiger partial charge in [-0.05, 0) is 25.0 Å². The van der Waals surface area contributed by atoms with E-state index >= 15 is 0 Å². The van der Waals surface area contributed by atoms with E-state index in [1.807, 2.05) is 68.4 Å². The van der Waals surface area contributed by atoms with Crippen molar-refractivity contribution in [1.29, 1.82) is 0 Å². The zero-order valence-corrected chi connectivity index (χ0v) is 15.4. The molecule has 0 aromatic heterocycles. The summed E-state index contributed by atoms with van der Waals surface area (Å²) in [5.41, 5.74) is 3.15. The Morgan fingerprint density at radius 2 is 1.88 bits per heavy atom. The number of amides is 1. The fourth-order valence-electron chi connectivity index (χ4n) is 3.63. The van der Waals surface area contributed by atoms with Gasteiger partial charge in [0.05, 0.1) is 6.04 Å². The Labute approximate surface area is 157 Å². The van der Waals surface area contributed by atoms with E-state index in [1.165, 1.54) is 0 Å². The highest BCUT2D eigenvalue weighted by atomic mass is 16.6. The minimum atomic E-state index is -0.637. The molecule has 2 aromatic rings. The maximum absolute atomic E-state index is 12.9. The van der Waals surface area contributed by atoms with Crippen molar-refractivity contribution in [3.63, 3.8) is 0 Å². The van der Waals surface area contributed by atoms with Crippen molar-refractivity contribution in [2.24, 2.45) is 0 Å². The molecule has 132 valence electrons. The average molecular weight is 345 g/mol. The summed E-state index contributed by atoms with van der Waals surface area (Å²) in [6, 6.07) is 17.5. The molecule has 3 rings (SSSR count). The van der Waals surface area contributed by atoms with E-state index < -0.39 is 5.60 Å². The summed E-state index contributed by atoms with van der Waals surface area (Å²) < 4.78 is 6.05. The average Bonchev–Trinajstić information content (AvgIpc) is 2.62. The van der Waals surface area contributed by atoms with Crippen LogP contribution < -0.4 is 5.46 Å². The van der Waals surface area contributed by atoms with Crippen LogP contribution in [0.4, 0.5) is 4.79 Å². The van der Waals surface area contributed by atoms with E-state index in [1.54, 1.807) is 4.90 Å². The summed E-state index contributed by atoms with van der Waals surface area (Å²) in [5, 5.41) is 0. The molecule has 1 aliphatic heterocycles. The van der Waals surface area contributed by atoms with Gasteiger partial charge in [0.25, 0.3) is 0 Å². The largest absolute Gasteiger partial charge is 0.437 e. The summed E-state index contributed by atoms with van der Waals surface area (Å²) in [4.78, 5) is 14.7. The molecule has 1 fully saturated rings. The second-order valence-electron chi connectivity index (χ2n) is 7.15. The number of carbonyl (C=O) groups excluding carboxylic acids is 1. The predicted octanol–water partition coefficient (Wildman–Crippen LogP) is 4.25. The predicted molar refractivity (Wildman–Crippen MR) is 106 cm³/mol. The first-order chi connectivity index (χ1) is 12.4. The third kappa shape index (κ3) is 3.69.